The van der Waals surface area contributed by atoms with Crippen molar-refractivity contribution in [1.29, 1.82) is 0 Å². The van der Waals surface area contributed by atoms with Crippen LogP contribution in [0, 0.1) is 0 Å². The predicted octanol–water partition coefficient (Wildman–Crippen LogP) is 1.81. The normalized spacial score (nSPS) is 15.5. The monoisotopic (exact) mass is 306 g/mol. The Balaban J connectivity index is 2.89. The molecule has 0 aliphatic rings. The van der Waals surface area contributed by atoms with Gasteiger partial charge in [-0.2, -0.15) is 17.4 Å². The van der Waals surface area contributed by atoms with Crippen LogP contribution in [0.5, 0.6) is 0 Å². The maximum atomic E-state index is 11.8. The zero-order valence-electron chi connectivity index (χ0n) is 11.4. The van der Waals surface area contributed by atoms with Crippen LogP contribution in [0.1, 0.15) is 18.6 Å². The maximum absolute atomic E-state index is 11.8. The van der Waals surface area contributed by atoms with Gasteiger partial charge in [-0.3, -0.25) is 0 Å². The standard InChI is InChI=1S/C12H19ClN2O3S/c1-9(14-19(16,17)15(2)3)12(18-4)10-5-7-11(13)8-6-10/h5-9,12,14H,1-4H3/t9-,12+/m0/s1. The van der Waals surface area contributed by atoms with Crippen LogP contribution in [0.3, 0.4) is 0 Å². The molecule has 1 N–H and O–H groups in total. The summed E-state index contributed by atoms with van der Waals surface area (Å²) >= 11 is 5.83. The molecular formula is C12H19ClN2O3S. The summed E-state index contributed by atoms with van der Waals surface area (Å²) in [6.45, 7) is 1.75. The summed E-state index contributed by atoms with van der Waals surface area (Å²) in [4.78, 5) is 0. The van der Waals surface area contributed by atoms with E-state index in [-0.39, 0.29) is 6.10 Å². The van der Waals surface area contributed by atoms with Crippen LogP contribution >= 0.6 is 11.6 Å². The van der Waals surface area contributed by atoms with Crippen molar-refractivity contribution in [3.05, 3.63) is 34.9 Å². The van der Waals surface area contributed by atoms with E-state index in [0.29, 0.717) is 5.02 Å². The number of halogens is 1. The number of nitrogens with zero attached hydrogens (tertiary/aromatic N) is 1. The van der Waals surface area contributed by atoms with E-state index >= 15 is 0 Å². The third-order valence-electron chi connectivity index (χ3n) is 2.72. The first-order valence-corrected chi connectivity index (χ1v) is 7.57. The molecule has 2 atom stereocenters. The average molecular weight is 307 g/mol. The van der Waals surface area contributed by atoms with Gasteiger partial charge in [-0.15, -0.1) is 0 Å². The minimum absolute atomic E-state index is 0.382. The second kappa shape index (κ2) is 6.67. The van der Waals surface area contributed by atoms with Crippen LogP contribution in [0.2, 0.25) is 5.02 Å². The van der Waals surface area contributed by atoms with Gasteiger partial charge in [0.2, 0.25) is 0 Å². The van der Waals surface area contributed by atoms with E-state index in [4.69, 9.17) is 16.3 Å². The fourth-order valence-electron chi connectivity index (χ4n) is 1.68. The van der Waals surface area contributed by atoms with E-state index in [2.05, 4.69) is 4.72 Å². The molecule has 0 amide bonds. The van der Waals surface area contributed by atoms with Crippen molar-refractivity contribution in [2.75, 3.05) is 21.2 Å². The first-order valence-electron chi connectivity index (χ1n) is 5.76. The molecule has 0 bridgehead atoms. The molecule has 0 unspecified atom stereocenters. The van der Waals surface area contributed by atoms with E-state index in [1.54, 1.807) is 26.2 Å². The largest absolute Gasteiger partial charge is 0.375 e. The van der Waals surface area contributed by atoms with Crippen LogP contribution in [-0.2, 0) is 14.9 Å². The van der Waals surface area contributed by atoms with Crippen molar-refractivity contribution >= 4 is 21.8 Å². The number of nitrogens with one attached hydrogen (secondary N) is 1. The molecule has 0 aromatic heterocycles. The second-order valence-electron chi connectivity index (χ2n) is 4.40. The molecule has 0 fully saturated rings. The van der Waals surface area contributed by atoms with E-state index in [1.165, 1.54) is 14.1 Å². The van der Waals surface area contributed by atoms with Gasteiger partial charge in [0.1, 0.15) is 0 Å². The lowest BCUT2D eigenvalue weighted by Gasteiger charge is -2.25. The highest BCUT2D eigenvalue weighted by atomic mass is 35.5. The molecule has 0 spiro atoms. The molecule has 0 saturated heterocycles. The summed E-state index contributed by atoms with van der Waals surface area (Å²) in [6, 6.07) is 6.72. The first kappa shape index (κ1) is 16.4. The summed E-state index contributed by atoms with van der Waals surface area (Å²) in [7, 11) is 0.993. The molecule has 0 radical (unpaired) electrons. The van der Waals surface area contributed by atoms with Crippen molar-refractivity contribution in [3.8, 4) is 0 Å². The number of methoxy groups -OCH3 is 1. The molecule has 108 valence electrons. The summed E-state index contributed by atoms with van der Waals surface area (Å²) in [5.41, 5.74) is 0.862. The van der Waals surface area contributed by atoms with Crippen LogP contribution in [0.4, 0.5) is 0 Å². The molecule has 0 aliphatic carbocycles. The molecule has 0 aliphatic heterocycles. The van der Waals surface area contributed by atoms with Gasteiger partial charge < -0.3 is 4.74 Å². The topological polar surface area (TPSA) is 58.6 Å². The van der Waals surface area contributed by atoms with E-state index in [0.717, 1.165) is 9.87 Å². The van der Waals surface area contributed by atoms with Gasteiger partial charge in [0.25, 0.3) is 10.2 Å². The molecular weight excluding hydrogens is 288 g/mol. The number of hydrogen-bond donors (Lipinski definition) is 1. The van der Waals surface area contributed by atoms with Crippen molar-refractivity contribution in [3.63, 3.8) is 0 Å². The third kappa shape index (κ3) is 4.43. The fraction of sp³-hybridized carbons (Fsp3) is 0.500. The Morgan fingerprint density at radius 3 is 2.21 bits per heavy atom. The lowest BCUT2D eigenvalue weighted by Crippen LogP contribution is -2.43. The highest BCUT2D eigenvalue weighted by Crippen LogP contribution is 2.22. The zero-order chi connectivity index (χ0) is 14.6. The summed E-state index contributed by atoms with van der Waals surface area (Å²) < 4.78 is 32.6. The van der Waals surface area contributed by atoms with Crippen LogP contribution < -0.4 is 4.72 Å². The molecule has 0 heterocycles. The molecule has 1 rings (SSSR count). The van der Waals surface area contributed by atoms with Gasteiger partial charge in [-0.1, -0.05) is 23.7 Å². The third-order valence-corrected chi connectivity index (χ3v) is 4.61. The van der Waals surface area contributed by atoms with Gasteiger partial charge >= 0.3 is 0 Å². The zero-order valence-corrected chi connectivity index (χ0v) is 13.0. The molecule has 5 nitrogen and oxygen atoms in total. The van der Waals surface area contributed by atoms with Crippen molar-refractivity contribution in [2.24, 2.45) is 0 Å². The van der Waals surface area contributed by atoms with Crippen LogP contribution in [0.25, 0.3) is 0 Å². The summed E-state index contributed by atoms with van der Waals surface area (Å²) in [5.74, 6) is 0. The number of hydrogen-bond acceptors (Lipinski definition) is 3. The minimum Gasteiger partial charge on any atom is -0.375 e. The molecule has 1 aromatic rings. The first-order chi connectivity index (χ1) is 8.77. The Labute approximate surface area is 119 Å². The molecule has 1 aromatic carbocycles. The van der Waals surface area contributed by atoms with Crippen molar-refractivity contribution in [1.82, 2.24) is 9.03 Å². The Morgan fingerprint density at radius 1 is 1.26 bits per heavy atom. The van der Waals surface area contributed by atoms with E-state index in [9.17, 15) is 8.42 Å². The van der Waals surface area contributed by atoms with Gasteiger partial charge in [-0.25, -0.2) is 0 Å². The average Bonchev–Trinajstić information content (AvgIpc) is 2.31. The summed E-state index contributed by atoms with van der Waals surface area (Å²) in [6.07, 6.45) is -0.382. The van der Waals surface area contributed by atoms with Crippen molar-refractivity contribution < 1.29 is 13.2 Å². The smallest absolute Gasteiger partial charge is 0.279 e. The Hall–Kier alpha value is -0.660. The number of benzene rings is 1. The molecule has 0 saturated carbocycles. The predicted molar refractivity (Wildman–Crippen MR) is 76.4 cm³/mol. The van der Waals surface area contributed by atoms with Crippen LogP contribution in [0.15, 0.2) is 24.3 Å². The quantitative estimate of drug-likeness (QED) is 0.872. The Kier molecular flexibility index (Phi) is 5.76. The SMILES string of the molecule is CO[C@@H](c1ccc(Cl)cc1)[C@H](C)NS(=O)(=O)N(C)C. The second-order valence-corrected chi connectivity index (χ2v) is 6.75. The van der Waals surface area contributed by atoms with Gasteiger partial charge in [0.05, 0.1) is 12.1 Å². The Morgan fingerprint density at radius 2 is 1.79 bits per heavy atom. The fourth-order valence-corrected chi connectivity index (χ4v) is 2.61. The minimum atomic E-state index is -3.49. The molecule has 7 heteroatoms. The molecule has 19 heavy (non-hydrogen) atoms. The number of rotatable bonds is 6. The van der Waals surface area contributed by atoms with Crippen molar-refractivity contribution in [2.45, 2.75) is 19.1 Å². The highest BCUT2D eigenvalue weighted by Gasteiger charge is 2.24. The van der Waals surface area contributed by atoms with Gasteiger partial charge in [-0.05, 0) is 24.6 Å². The van der Waals surface area contributed by atoms with Gasteiger partial charge in [0.15, 0.2) is 0 Å². The summed E-state index contributed by atoms with van der Waals surface area (Å²) in [5, 5.41) is 0.625. The highest BCUT2D eigenvalue weighted by molar-refractivity contribution is 7.87. The Bertz CT molecular complexity index is 502. The van der Waals surface area contributed by atoms with E-state index in [1.807, 2.05) is 12.1 Å². The van der Waals surface area contributed by atoms with Crippen LogP contribution in [-0.4, -0.2) is 40.0 Å². The van der Waals surface area contributed by atoms with E-state index < -0.39 is 16.3 Å². The maximum Gasteiger partial charge on any atom is 0.279 e. The lowest BCUT2D eigenvalue weighted by molar-refractivity contribution is 0.0801. The lowest BCUT2D eigenvalue weighted by atomic mass is 10.0. The number of ether oxygens (including phenoxy) is 1. The van der Waals surface area contributed by atoms with Gasteiger partial charge in [0, 0.05) is 26.2 Å².